The molecular weight excluding hydrogens is 132 g/mol. The van der Waals surface area contributed by atoms with Gasteiger partial charge in [0, 0.05) is 10.5 Å². The summed E-state index contributed by atoms with van der Waals surface area (Å²) < 4.78 is 24.8. The molecule has 3 nitrogen and oxygen atoms in total. The third-order valence-electron chi connectivity index (χ3n) is 0.844. The average molecular weight is 147 g/mol. The SMILES string of the molecule is [2H]C([2H])([2H])CC(=O)CC(=O)OCC. The van der Waals surface area contributed by atoms with Crippen LogP contribution in [0.1, 0.15) is 30.7 Å². The summed E-state index contributed by atoms with van der Waals surface area (Å²) in [5.74, 6) is -1.28. The van der Waals surface area contributed by atoms with Crippen molar-refractivity contribution in [2.24, 2.45) is 0 Å². The molecule has 0 rings (SSSR count). The van der Waals surface area contributed by atoms with Crippen molar-refractivity contribution in [2.45, 2.75) is 26.6 Å². The van der Waals surface area contributed by atoms with E-state index in [0.717, 1.165) is 0 Å². The molecule has 0 heterocycles. The van der Waals surface area contributed by atoms with Crippen LogP contribution in [0.4, 0.5) is 0 Å². The van der Waals surface area contributed by atoms with Gasteiger partial charge in [0.25, 0.3) is 0 Å². The minimum atomic E-state index is -2.30. The Bertz CT molecular complexity index is 198. The van der Waals surface area contributed by atoms with Gasteiger partial charge in [0.05, 0.1) is 6.61 Å². The third-order valence-corrected chi connectivity index (χ3v) is 0.844. The second-order valence-electron chi connectivity index (χ2n) is 1.70. The van der Waals surface area contributed by atoms with Crippen LogP contribution in [-0.2, 0) is 14.3 Å². The summed E-state index contributed by atoms with van der Waals surface area (Å²) in [5.41, 5.74) is 0. The van der Waals surface area contributed by atoms with Gasteiger partial charge in [-0.25, -0.2) is 0 Å². The zero-order chi connectivity index (χ0) is 10.5. The van der Waals surface area contributed by atoms with Gasteiger partial charge in [-0.05, 0) is 6.92 Å². The molecule has 0 N–H and O–H groups in total. The quantitative estimate of drug-likeness (QED) is 0.438. The van der Waals surface area contributed by atoms with E-state index in [-0.39, 0.29) is 6.61 Å². The maximum Gasteiger partial charge on any atom is 0.313 e. The number of rotatable bonds is 4. The fourth-order valence-corrected chi connectivity index (χ4v) is 0.436. The summed E-state index contributed by atoms with van der Waals surface area (Å²) >= 11 is 0. The normalized spacial score (nSPS) is 14.7. The average Bonchev–Trinajstić information content (AvgIpc) is 1.81. The van der Waals surface area contributed by atoms with Crippen LogP contribution < -0.4 is 0 Å². The monoisotopic (exact) mass is 147 g/mol. The molecule has 0 aromatic heterocycles. The molecule has 0 aliphatic heterocycles. The first-order valence-electron chi connectivity index (χ1n) is 4.52. The second kappa shape index (κ2) is 4.97. The number of esters is 1. The van der Waals surface area contributed by atoms with Gasteiger partial charge in [-0.1, -0.05) is 6.85 Å². The number of hydrogen-bond donors (Lipinski definition) is 0. The van der Waals surface area contributed by atoms with Crippen LogP contribution in [0.25, 0.3) is 0 Å². The molecule has 0 fully saturated rings. The molecule has 0 bridgehead atoms. The van der Waals surface area contributed by atoms with Crippen LogP contribution in [-0.4, -0.2) is 18.4 Å². The van der Waals surface area contributed by atoms with Gasteiger partial charge in [0.15, 0.2) is 0 Å². The van der Waals surface area contributed by atoms with Crippen LogP contribution in [0.2, 0.25) is 0 Å². The van der Waals surface area contributed by atoms with Gasteiger partial charge in [0.1, 0.15) is 12.2 Å². The number of ether oxygens (including phenoxy) is 1. The molecule has 0 aromatic carbocycles. The van der Waals surface area contributed by atoms with Gasteiger partial charge in [-0.3, -0.25) is 9.59 Å². The van der Waals surface area contributed by atoms with Crippen molar-refractivity contribution in [3.05, 3.63) is 0 Å². The Hall–Kier alpha value is -0.860. The Morgan fingerprint density at radius 3 is 2.80 bits per heavy atom. The van der Waals surface area contributed by atoms with Crippen LogP contribution >= 0.6 is 0 Å². The molecule has 0 aromatic rings. The van der Waals surface area contributed by atoms with E-state index in [1.165, 1.54) is 0 Å². The van der Waals surface area contributed by atoms with E-state index in [1.54, 1.807) is 6.92 Å². The van der Waals surface area contributed by atoms with Crippen molar-refractivity contribution >= 4 is 11.8 Å². The summed E-state index contributed by atoms with van der Waals surface area (Å²) in [6, 6.07) is 0. The number of Topliss-reactive ketones (excluding diaryl/α,β-unsaturated/α-hetero) is 1. The molecule has 0 radical (unpaired) electrons. The van der Waals surface area contributed by atoms with Crippen LogP contribution in [0.5, 0.6) is 0 Å². The summed E-state index contributed by atoms with van der Waals surface area (Å²) in [5, 5.41) is 0. The molecule has 0 spiro atoms. The van der Waals surface area contributed by atoms with E-state index in [4.69, 9.17) is 4.11 Å². The van der Waals surface area contributed by atoms with E-state index in [9.17, 15) is 9.59 Å². The molecule has 0 aliphatic carbocycles. The fraction of sp³-hybridized carbons (Fsp3) is 0.714. The van der Waals surface area contributed by atoms with Crippen molar-refractivity contribution in [3.8, 4) is 0 Å². The Morgan fingerprint density at radius 2 is 2.30 bits per heavy atom. The molecule has 0 amide bonds. The van der Waals surface area contributed by atoms with E-state index < -0.39 is 31.4 Å². The van der Waals surface area contributed by atoms with Gasteiger partial charge < -0.3 is 4.74 Å². The minimum Gasteiger partial charge on any atom is -0.466 e. The molecule has 0 aliphatic rings. The largest absolute Gasteiger partial charge is 0.466 e. The van der Waals surface area contributed by atoms with Crippen LogP contribution in [0.3, 0.4) is 0 Å². The summed E-state index contributed by atoms with van der Waals surface area (Å²) in [7, 11) is 0. The zero-order valence-electron chi connectivity index (χ0n) is 8.85. The number of ketones is 1. The Kier molecular flexibility index (Phi) is 2.42. The summed E-state index contributed by atoms with van der Waals surface area (Å²) in [6.07, 6.45) is -1.03. The van der Waals surface area contributed by atoms with Gasteiger partial charge >= 0.3 is 5.97 Å². The van der Waals surface area contributed by atoms with Crippen LogP contribution in [0.15, 0.2) is 0 Å². The zero-order valence-corrected chi connectivity index (χ0v) is 5.85. The first-order valence-corrected chi connectivity index (χ1v) is 3.02. The molecule has 58 valence electrons. The molecule has 0 atom stereocenters. The molecule has 0 unspecified atom stereocenters. The standard InChI is InChI=1S/C7H12O3/c1-3-6(8)5-7(9)10-4-2/h3-5H2,1-2H3/i1D3. The molecular formula is C7H12O3. The van der Waals surface area contributed by atoms with Crippen molar-refractivity contribution in [3.63, 3.8) is 0 Å². The molecule has 0 saturated heterocycles. The highest BCUT2D eigenvalue weighted by atomic mass is 16.5. The fourth-order valence-electron chi connectivity index (χ4n) is 0.436. The van der Waals surface area contributed by atoms with Crippen LogP contribution in [0, 0.1) is 0 Å². The van der Waals surface area contributed by atoms with Crippen molar-refractivity contribution in [1.82, 2.24) is 0 Å². The van der Waals surface area contributed by atoms with Crippen molar-refractivity contribution in [1.29, 1.82) is 0 Å². The van der Waals surface area contributed by atoms with Gasteiger partial charge in [0.2, 0.25) is 0 Å². The minimum absolute atomic E-state index is 0.194. The first kappa shape index (κ1) is 4.88. The lowest BCUT2D eigenvalue weighted by Gasteiger charge is -1.97. The summed E-state index contributed by atoms with van der Waals surface area (Å²) in [4.78, 5) is 21.6. The second-order valence-corrected chi connectivity index (χ2v) is 1.70. The topological polar surface area (TPSA) is 43.4 Å². The van der Waals surface area contributed by atoms with E-state index in [2.05, 4.69) is 4.74 Å². The molecule has 3 heteroatoms. The highest BCUT2D eigenvalue weighted by Crippen LogP contribution is 1.91. The highest BCUT2D eigenvalue weighted by molar-refractivity contribution is 5.95. The Labute approximate surface area is 64.6 Å². The number of carbonyl (C=O) groups excluding carboxylic acids is 2. The maximum atomic E-state index is 10.9. The predicted molar refractivity (Wildman–Crippen MR) is 36.5 cm³/mol. The molecule has 10 heavy (non-hydrogen) atoms. The summed E-state index contributed by atoms with van der Waals surface area (Å²) in [6.45, 7) is -0.490. The maximum absolute atomic E-state index is 10.9. The Balaban J connectivity index is 3.82. The van der Waals surface area contributed by atoms with E-state index in [1.807, 2.05) is 0 Å². The van der Waals surface area contributed by atoms with E-state index in [0.29, 0.717) is 0 Å². The van der Waals surface area contributed by atoms with Gasteiger partial charge in [-0.2, -0.15) is 0 Å². The van der Waals surface area contributed by atoms with E-state index >= 15 is 0 Å². The number of hydrogen-bond acceptors (Lipinski definition) is 3. The first-order chi connectivity index (χ1) is 5.85. The predicted octanol–water partition coefficient (Wildman–Crippen LogP) is 0.919. The highest BCUT2D eigenvalue weighted by Gasteiger charge is 2.06. The third kappa shape index (κ3) is 4.06. The van der Waals surface area contributed by atoms with Crippen molar-refractivity contribution < 1.29 is 18.4 Å². The number of carbonyl (C=O) groups is 2. The lowest BCUT2D eigenvalue weighted by Crippen LogP contribution is -2.09. The van der Waals surface area contributed by atoms with Gasteiger partial charge in [-0.15, -0.1) is 0 Å². The smallest absolute Gasteiger partial charge is 0.313 e. The molecule has 0 saturated carbocycles. The lowest BCUT2D eigenvalue weighted by atomic mass is 10.2. The Morgan fingerprint density at radius 1 is 1.60 bits per heavy atom. The van der Waals surface area contributed by atoms with Crippen molar-refractivity contribution in [2.75, 3.05) is 6.61 Å². The lowest BCUT2D eigenvalue weighted by molar-refractivity contribution is -0.145.